The van der Waals surface area contributed by atoms with Crippen LogP contribution in [-0.4, -0.2) is 42.7 Å². The zero-order valence-electron chi connectivity index (χ0n) is 21.0. The molecule has 0 bridgehead atoms. The number of unbranched alkanes of at least 4 members (excludes halogenated alkanes) is 1. The lowest BCUT2D eigenvalue weighted by Gasteiger charge is -2.26. The largest absolute Gasteiger partial charge is 0.465 e. The van der Waals surface area contributed by atoms with Gasteiger partial charge in [-0.25, -0.2) is 14.1 Å². The molecule has 7 nitrogen and oxygen atoms in total. The highest BCUT2D eigenvalue weighted by Gasteiger charge is 2.33. The molecule has 1 aliphatic carbocycles. The number of hydrogen-bond donors (Lipinski definition) is 0. The second kappa shape index (κ2) is 15.0. The van der Waals surface area contributed by atoms with Gasteiger partial charge in [-0.3, -0.25) is 14.4 Å². The number of ether oxygens (including phenoxy) is 2. The Morgan fingerprint density at radius 3 is 2.33 bits per heavy atom. The van der Waals surface area contributed by atoms with E-state index in [1.807, 2.05) is 13.8 Å². The first-order valence-corrected chi connectivity index (χ1v) is 13.6. The first-order valence-electron chi connectivity index (χ1n) is 12.3. The Bertz CT molecular complexity index is 1010. The molecule has 0 unspecified atom stereocenters. The molecule has 36 heavy (non-hydrogen) atoms. The van der Waals surface area contributed by atoms with Crippen LogP contribution in [0.3, 0.4) is 0 Å². The number of halogens is 2. The van der Waals surface area contributed by atoms with E-state index in [4.69, 9.17) is 21.1 Å². The highest BCUT2D eigenvalue weighted by molar-refractivity contribution is 8.00. The smallest absolute Gasteiger partial charge is 0.334 e. The van der Waals surface area contributed by atoms with Gasteiger partial charge in [0.15, 0.2) is 0 Å². The van der Waals surface area contributed by atoms with Crippen molar-refractivity contribution in [2.45, 2.75) is 77.0 Å². The molecule has 0 atom stereocenters. The molecule has 0 aliphatic heterocycles. The van der Waals surface area contributed by atoms with Crippen LogP contribution in [0.2, 0.25) is 5.02 Å². The summed E-state index contributed by atoms with van der Waals surface area (Å²) in [6.07, 6.45) is 4.19. The normalized spacial score (nSPS) is 13.4. The molecule has 1 aromatic carbocycles. The minimum absolute atomic E-state index is 0.0414. The number of benzene rings is 1. The number of imide groups is 1. The van der Waals surface area contributed by atoms with Crippen LogP contribution >= 0.6 is 23.4 Å². The van der Waals surface area contributed by atoms with Crippen molar-refractivity contribution in [3.8, 4) is 0 Å². The van der Waals surface area contributed by atoms with Crippen molar-refractivity contribution in [2.24, 2.45) is 0 Å². The topological polar surface area (TPSA) is 90.0 Å². The Morgan fingerprint density at radius 2 is 1.69 bits per heavy atom. The lowest BCUT2D eigenvalue weighted by Crippen LogP contribution is -2.39. The molecule has 0 saturated carbocycles. The van der Waals surface area contributed by atoms with Gasteiger partial charge in [-0.2, -0.15) is 0 Å². The number of thioether (sulfide) groups is 1. The number of anilines is 1. The monoisotopic (exact) mass is 541 g/mol. The van der Waals surface area contributed by atoms with Crippen molar-refractivity contribution in [1.29, 1.82) is 0 Å². The van der Waals surface area contributed by atoms with E-state index in [0.717, 1.165) is 35.6 Å². The Labute approximate surface area is 220 Å². The molecule has 198 valence electrons. The summed E-state index contributed by atoms with van der Waals surface area (Å²) in [5.41, 5.74) is 0.108. The average Bonchev–Trinajstić information content (AvgIpc) is 2.87. The summed E-state index contributed by atoms with van der Waals surface area (Å²) in [6, 6.07) is 2.29. The maximum absolute atomic E-state index is 15.1. The minimum Gasteiger partial charge on any atom is -0.465 e. The average molecular weight is 542 g/mol. The Balaban J connectivity index is 2.41. The standard InChI is InChI=1S/C26H33ClFNO6S/c1-4-7-13-34-24(31)16-36-22-15-21(20(28)14-19(22)27)29(23(30)6-3)25(32)17-10-8-9-11-18(17)26(33)35-12-5-2/h14-15H,4-13,16H2,1-3H3. The Kier molecular flexibility index (Phi) is 12.4. The third-order valence-corrected chi connectivity index (χ3v) is 6.97. The number of amides is 2. The SMILES string of the molecule is CCCCOC(=O)CSc1cc(N(C(=O)CC)C(=O)C2=C(C(=O)OCCC)CCCC2)c(F)cc1Cl. The number of hydrogen-bond acceptors (Lipinski definition) is 7. The van der Waals surface area contributed by atoms with Crippen LogP contribution in [0.1, 0.15) is 72.1 Å². The summed E-state index contributed by atoms with van der Waals surface area (Å²) in [7, 11) is 0. The highest BCUT2D eigenvalue weighted by Crippen LogP contribution is 2.36. The quantitative estimate of drug-likeness (QED) is 0.182. The van der Waals surface area contributed by atoms with Crippen LogP contribution in [0, 0.1) is 5.82 Å². The van der Waals surface area contributed by atoms with E-state index in [2.05, 4.69) is 0 Å². The number of nitrogens with zero attached hydrogens (tertiary/aromatic N) is 1. The van der Waals surface area contributed by atoms with E-state index in [1.54, 1.807) is 6.92 Å². The maximum atomic E-state index is 15.1. The zero-order chi connectivity index (χ0) is 26.7. The molecule has 0 spiro atoms. The fraction of sp³-hybridized carbons (Fsp3) is 0.538. The van der Waals surface area contributed by atoms with E-state index in [1.165, 1.54) is 6.07 Å². The van der Waals surface area contributed by atoms with E-state index in [9.17, 15) is 19.2 Å². The highest BCUT2D eigenvalue weighted by atomic mass is 35.5. The molecule has 0 fully saturated rings. The summed E-state index contributed by atoms with van der Waals surface area (Å²) in [4.78, 5) is 52.2. The molecule has 0 saturated heterocycles. The van der Waals surface area contributed by atoms with Gasteiger partial charge in [0.1, 0.15) is 5.82 Å². The molecule has 0 N–H and O–H groups in total. The third kappa shape index (κ3) is 8.06. The van der Waals surface area contributed by atoms with E-state index < -0.39 is 29.6 Å². The summed E-state index contributed by atoms with van der Waals surface area (Å²) >= 11 is 7.23. The van der Waals surface area contributed by atoms with Gasteiger partial charge in [-0.05, 0) is 50.7 Å². The van der Waals surface area contributed by atoms with Crippen LogP contribution < -0.4 is 4.90 Å². The second-order valence-corrected chi connectivity index (χ2v) is 9.71. The Morgan fingerprint density at radius 1 is 1.00 bits per heavy atom. The van der Waals surface area contributed by atoms with E-state index in [-0.39, 0.29) is 47.1 Å². The minimum atomic E-state index is -0.864. The zero-order valence-corrected chi connectivity index (χ0v) is 22.6. The molecule has 1 aromatic rings. The first-order chi connectivity index (χ1) is 17.2. The van der Waals surface area contributed by atoms with Crippen molar-refractivity contribution in [3.05, 3.63) is 34.1 Å². The van der Waals surface area contributed by atoms with Crippen molar-refractivity contribution in [3.63, 3.8) is 0 Å². The van der Waals surface area contributed by atoms with Gasteiger partial charge in [0.05, 0.1) is 29.7 Å². The van der Waals surface area contributed by atoms with Gasteiger partial charge in [0, 0.05) is 22.5 Å². The molecule has 2 rings (SSSR count). The molecule has 0 heterocycles. The summed E-state index contributed by atoms with van der Waals surface area (Å²) < 4.78 is 25.5. The lowest BCUT2D eigenvalue weighted by atomic mass is 9.90. The van der Waals surface area contributed by atoms with Gasteiger partial charge in [-0.1, -0.05) is 38.8 Å². The van der Waals surface area contributed by atoms with Crippen molar-refractivity contribution >= 4 is 52.8 Å². The van der Waals surface area contributed by atoms with Gasteiger partial charge in [0.2, 0.25) is 5.91 Å². The van der Waals surface area contributed by atoms with Crippen LogP contribution in [-0.2, 0) is 28.7 Å². The maximum Gasteiger partial charge on any atom is 0.334 e. The molecular weight excluding hydrogens is 509 g/mol. The number of rotatable bonds is 12. The van der Waals surface area contributed by atoms with Gasteiger partial charge in [0.25, 0.3) is 5.91 Å². The van der Waals surface area contributed by atoms with Gasteiger partial charge >= 0.3 is 11.9 Å². The first kappa shape index (κ1) is 29.8. The van der Waals surface area contributed by atoms with E-state index >= 15 is 4.39 Å². The lowest BCUT2D eigenvalue weighted by molar-refractivity contribution is -0.141. The fourth-order valence-electron chi connectivity index (χ4n) is 3.61. The van der Waals surface area contributed by atoms with Crippen LogP contribution in [0.15, 0.2) is 28.2 Å². The summed E-state index contributed by atoms with van der Waals surface area (Å²) in [6.45, 7) is 5.93. The van der Waals surface area contributed by atoms with Crippen molar-refractivity contribution in [1.82, 2.24) is 0 Å². The number of esters is 2. The van der Waals surface area contributed by atoms with Gasteiger partial charge < -0.3 is 9.47 Å². The predicted octanol–water partition coefficient (Wildman–Crippen LogP) is 6.01. The third-order valence-electron chi connectivity index (χ3n) is 5.51. The molecular formula is C26H33ClFNO6S. The predicted molar refractivity (Wildman–Crippen MR) is 138 cm³/mol. The van der Waals surface area contributed by atoms with Crippen LogP contribution in [0.4, 0.5) is 10.1 Å². The Hall–Kier alpha value is -2.39. The summed E-state index contributed by atoms with van der Waals surface area (Å²) in [5.74, 6) is -3.34. The number of carbonyl (C=O) groups excluding carboxylic acids is 4. The summed E-state index contributed by atoms with van der Waals surface area (Å²) in [5, 5.41) is 0.0414. The van der Waals surface area contributed by atoms with E-state index in [0.29, 0.717) is 37.2 Å². The molecule has 10 heteroatoms. The molecule has 0 radical (unpaired) electrons. The van der Waals surface area contributed by atoms with Gasteiger partial charge in [-0.15, -0.1) is 11.8 Å². The fourth-order valence-corrected chi connectivity index (χ4v) is 4.67. The van der Waals surface area contributed by atoms with Crippen molar-refractivity contribution in [2.75, 3.05) is 23.9 Å². The molecule has 2 amide bonds. The van der Waals surface area contributed by atoms with Crippen molar-refractivity contribution < 1.29 is 33.0 Å². The van der Waals surface area contributed by atoms with Crippen LogP contribution in [0.5, 0.6) is 0 Å². The number of carbonyl (C=O) groups is 4. The second-order valence-electron chi connectivity index (χ2n) is 8.28. The molecule has 0 aromatic heterocycles. The molecule has 1 aliphatic rings. The van der Waals surface area contributed by atoms with Crippen LogP contribution in [0.25, 0.3) is 0 Å².